The van der Waals surface area contributed by atoms with Crippen LogP contribution in [0.5, 0.6) is 0 Å². The molecular formula is C13H13NO2. The number of aliphatic carboxylic acids is 1. The van der Waals surface area contributed by atoms with Crippen molar-refractivity contribution in [2.24, 2.45) is 0 Å². The number of pyridine rings is 1. The van der Waals surface area contributed by atoms with Crippen molar-refractivity contribution in [3.63, 3.8) is 0 Å². The van der Waals surface area contributed by atoms with Gasteiger partial charge in [0.2, 0.25) is 0 Å². The summed E-state index contributed by atoms with van der Waals surface area (Å²) in [6.45, 7) is 0. The van der Waals surface area contributed by atoms with Gasteiger partial charge in [-0.3, -0.25) is 9.78 Å². The number of carboxylic acids is 1. The highest BCUT2D eigenvalue weighted by molar-refractivity contribution is 5.82. The second kappa shape index (κ2) is 4.75. The van der Waals surface area contributed by atoms with E-state index in [-0.39, 0.29) is 6.42 Å². The Morgan fingerprint density at radius 2 is 2.12 bits per heavy atom. The number of nitrogens with zero attached hydrogens (tertiary/aromatic N) is 1. The van der Waals surface area contributed by atoms with E-state index in [0.29, 0.717) is 6.42 Å². The lowest BCUT2D eigenvalue weighted by Gasteiger charge is -2.02. The average Bonchev–Trinajstić information content (AvgIpc) is 2.28. The van der Waals surface area contributed by atoms with Crippen molar-refractivity contribution in [2.75, 3.05) is 0 Å². The van der Waals surface area contributed by atoms with Crippen LogP contribution in [-0.4, -0.2) is 16.1 Å². The number of aromatic nitrogens is 1. The summed E-state index contributed by atoms with van der Waals surface area (Å²) in [5.74, 6) is -0.734. The van der Waals surface area contributed by atoms with Crippen LogP contribution in [0.3, 0.4) is 0 Å². The lowest BCUT2D eigenvalue weighted by atomic mass is 10.0. The highest BCUT2D eigenvalue weighted by Crippen LogP contribution is 2.15. The molecule has 0 unspecified atom stereocenters. The Labute approximate surface area is 93.7 Å². The Balaban J connectivity index is 2.10. The normalized spacial score (nSPS) is 10.5. The topological polar surface area (TPSA) is 50.2 Å². The predicted molar refractivity (Wildman–Crippen MR) is 62.3 cm³/mol. The lowest BCUT2D eigenvalue weighted by Crippen LogP contribution is -1.95. The van der Waals surface area contributed by atoms with Crippen LogP contribution in [0.25, 0.3) is 10.8 Å². The summed E-state index contributed by atoms with van der Waals surface area (Å²) in [4.78, 5) is 14.5. The second-order valence-electron chi connectivity index (χ2n) is 3.80. The van der Waals surface area contributed by atoms with E-state index in [4.69, 9.17) is 5.11 Å². The van der Waals surface area contributed by atoms with Gasteiger partial charge in [-0.05, 0) is 35.9 Å². The molecule has 82 valence electrons. The Hall–Kier alpha value is -1.90. The number of fused-ring (bicyclic) bond motifs is 1. The van der Waals surface area contributed by atoms with Crippen molar-refractivity contribution in [3.05, 3.63) is 42.2 Å². The second-order valence-corrected chi connectivity index (χ2v) is 3.80. The van der Waals surface area contributed by atoms with Crippen LogP contribution in [0.15, 0.2) is 36.7 Å². The number of rotatable bonds is 4. The zero-order valence-corrected chi connectivity index (χ0v) is 8.89. The Bertz CT molecular complexity index is 508. The molecular weight excluding hydrogens is 202 g/mol. The van der Waals surface area contributed by atoms with Crippen molar-refractivity contribution in [2.45, 2.75) is 19.3 Å². The number of hydrogen-bond acceptors (Lipinski definition) is 2. The van der Waals surface area contributed by atoms with Gasteiger partial charge >= 0.3 is 5.97 Å². The molecule has 0 bridgehead atoms. The molecule has 1 heterocycles. The number of hydrogen-bond donors (Lipinski definition) is 1. The van der Waals surface area contributed by atoms with Crippen LogP contribution in [-0.2, 0) is 11.2 Å². The quantitative estimate of drug-likeness (QED) is 0.852. The molecule has 16 heavy (non-hydrogen) atoms. The van der Waals surface area contributed by atoms with Crippen LogP contribution >= 0.6 is 0 Å². The monoisotopic (exact) mass is 215 g/mol. The molecule has 1 aromatic heterocycles. The third kappa shape index (κ3) is 2.57. The van der Waals surface area contributed by atoms with E-state index in [2.05, 4.69) is 11.1 Å². The summed E-state index contributed by atoms with van der Waals surface area (Å²) in [5.41, 5.74) is 1.17. The van der Waals surface area contributed by atoms with E-state index in [9.17, 15) is 4.79 Å². The first-order valence-electron chi connectivity index (χ1n) is 5.30. The van der Waals surface area contributed by atoms with Crippen LogP contribution in [0.2, 0.25) is 0 Å². The summed E-state index contributed by atoms with van der Waals surface area (Å²) >= 11 is 0. The fourth-order valence-electron chi connectivity index (χ4n) is 1.73. The van der Waals surface area contributed by atoms with E-state index in [1.54, 1.807) is 6.20 Å². The fraction of sp³-hybridized carbons (Fsp3) is 0.231. The molecule has 0 saturated heterocycles. The molecule has 0 aliphatic carbocycles. The largest absolute Gasteiger partial charge is 0.481 e. The third-order valence-electron chi connectivity index (χ3n) is 2.56. The van der Waals surface area contributed by atoms with Crippen molar-refractivity contribution < 1.29 is 9.90 Å². The van der Waals surface area contributed by atoms with Gasteiger partial charge in [0.05, 0.1) is 0 Å². The first-order chi connectivity index (χ1) is 7.75. The molecule has 1 N–H and O–H groups in total. The molecule has 0 spiro atoms. The number of carboxylic acid groups (broad SMARTS) is 1. The Morgan fingerprint density at radius 3 is 2.94 bits per heavy atom. The van der Waals surface area contributed by atoms with E-state index >= 15 is 0 Å². The molecule has 0 fully saturated rings. The van der Waals surface area contributed by atoms with Gasteiger partial charge < -0.3 is 5.11 Å². The van der Waals surface area contributed by atoms with Crippen LogP contribution in [0.4, 0.5) is 0 Å². The summed E-state index contributed by atoms with van der Waals surface area (Å²) in [7, 11) is 0. The predicted octanol–water partition coefficient (Wildman–Crippen LogP) is 2.64. The maximum Gasteiger partial charge on any atom is 0.303 e. The fourth-order valence-corrected chi connectivity index (χ4v) is 1.73. The molecule has 3 nitrogen and oxygen atoms in total. The maximum atomic E-state index is 10.4. The number of aryl methyl sites for hydroxylation is 1. The average molecular weight is 215 g/mol. The molecule has 0 saturated carbocycles. The smallest absolute Gasteiger partial charge is 0.303 e. The highest BCUT2D eigenvalue weighted by Gasteiger charge is 1.99. The van der Waals surface area contributed by atoms with Gasteiger partial charge in [-0.25, -0.2) is 0 Å². The lowest BCUT2D eigenvalue weighted by molar-refractivity contribution is -0.137. The van der Waals surface area contributed by atoms with E-state index in [1.807, 2.05) is 24.4 Å². The van der Waals surface area contributed by atoms with Gasteiger partial charge in [-0.15, -0.1) is 0 Å². The molecule has 2 rings (SSSR count). The van der Waals surface area contributed by atoms with Gasteiger partial charge in [-0.1, -0.05) is 12.1 Å². The van der Waals surface area contributed by atoms with Gasteiger partial charge in [-0.2, -0.15) is 0 Å². The van der Waals surface area contributed by atoms with Crippen molar-refractivity contribution in [1.29, 1.82) is 0 Å². The summed E-state index contributed by atoms with van der Waals surface area (Å²) in [5, 5.41) is 10.8. The minimum atomic E-state index is -0.734. The third-order valence-corrected chi connectivity index (χ3v) is 2.56. The molecule has 0 amide bonds. The zero-order valence-electron chi connectivity index (χ0n) is 8.89. The number of benzene rings is 1. The first-order valence-corrected chi connectivity index (χ1v) is 5.30. The molecule has 3 heteroatoms. The summed E-state index contributed by atoms with van der Waals surface area (Å²) in [6.07, 6.45) is 5.31. The SMILES string of the molecule is O=C(O)CCCc1ccc2ccncc2c1. The Morgan fingerprint density at radius 1 is 1.25 bits per heavy atom. The first kappa shape index (κ1) is 10.6. The van der Waals surface area contributed by atoms with E-state index in [0.717, 1.165) is 17.2 Å². The molecule has 2 aromatic rings. The Kier molecular flexibility index (Phi) is 3.15. The maximum absolute atomic E-state index is 10.4. The van der Waals surface area contributed by atoms with Crippen LogP contribution in [0, 0.1) is 0 Å². The summed E-state index contributed by atoms with van der Waals surface area (Å²) < 4.78 is 0. The molecule has 0 aliphatic heterocycles. The van der Waals surface area contributed by atoms with E-state index in [1.165, 1.54) is 5.56 Å². The summed E-state index contributed by atoms with van der Waals surface area (Å²) in [6, 6.07) is 8.14. The van der Waals surface area contributed by atoms with E-state index < -0.39 is 5.97 Å². The van der Waals surface area contributed by atoms with Gasteiger partial charge in [0.25, 0.3) is 0 Å². The van der Waals surface area contributed by atoms with Gasteiger partial charge in [0, 0.05) is 24.2 Å². The van der Waals surface area contributed by atoms with Gasteiger partial charge in [0.1, 0.15) is 0 Å². The molecule has 0 aliphatic rings. The standard InChI is InChI=1S/C13H13NO2/c15-13(16)3-1-2-10-4-5-11-6-7-14-9-12(11)8-10/h4-9H,1-3H2,(H,15,16). The van der Waals surface area contributed by atoms with Crippen LogP contribution < -0.4 is 0 Å². The zero-order chi connectivity index (χ0) is 11.4. The molecule has 0 radical (unpaired) electrons. The molecule has 1 aromatic carbocycles. The minimum Gasteiger partial charge on any atom is -0.481 e. The molecule has 0 atom stereocenters. The van der Waals surface area contributed by atoms with Crippen molar-refractivity contribution in [3.8, 4) is 0 Å². The van der Waals surface area contributed by atoms with Crippen LogP contribution in [0.1, 0.15) is 18.4 Å². The van der Waals surface area contributed by atoms with Gasteiger partial charge in [0.15, 0.2) is 0 Å². The van der Waals surface area contributed by atoms with Crippen molar-refractivity contribution in [1.82, 2.24) is 4.98 Å². The van der Waals surface area contributed by atoms with Crippen molar-refractivity contribution >= 4 is 16.7 Å². The minimum absolute atomic E-state index is 0.227. The number of carbonyl (C=O) groups is 1. The highest BCUT2D eigenvalue weighted by atomic mass is 16.4.